The standard InChI is InChI=1S/C22H31ClN6O2/c1-3-17-15-27(21-20(23)13-19(14-25-21)28-10-7-24-16-28)11-12-29(17)18-5-8-26(9-6-18)22(30)31-4-2/h7,10,13-14,16-18H,3-6,8-9,11-12,15H2,1-2H3/t17-/m0/s1. The van der Waals surface area contributed by atoms with Gasteiger partial charge in [0, 0.05) is 57.2 Å². The van der Waals surface area contributed by atoms with Crippen molar-refractivity contribution in [3.05, 3.63) is 36.0 Å². The van der Waals surface area contributed by atoms with Crippen molar-refractivity contribution in [2.45, 2.75) is 45.2 Å². The van der Waals surface area contributed by atoms with Crippen LogP contribution in [0.2, 0.25) is 5.02 Å². The average molecular weight is 447 g/mol. The zero-order valence-corrected chi connectivity index (χ0v) is 19.0. The number of rotatable bonds is 5. The number of hydrogen-bond acceptors (Lipinski definition) is 6. The molecule has 1 amide bonds. The Morgan fingerprint density at radius 2 is 2.03 bits per heavy atom. The molecule has 2 fully saturated rings. The fraction of sp³-hybridized carbons (Fsp3) is 0.591. The number of likely N-dealkylation sites (tertiary alicyclic amines) is 1. The van der Waals surface area contributed by atoms with Crippen LogP contribution in [0.1, 0.15) is 33.1 Å². The highest BCUT2D eigenvalue weighted by atomic mass is 35.5. The van der Waals surface area contributed by atoms with E-state index in [-0.39, 0.29) is 6.09 Å². The topological polar surface area (TPSA) is 66.7 Å². The van der Waals surface area contributed by atoms with Gasteiger partial charge >= 0.3 is 6.09 Å². The number of piperidine rings is 1. The lowest BCUT2D eigenvalue weighted by Gasteiger charge is -2.47. The Morgan fingerprint density at radius 1 is 1.23 bits per heavy atom. The van der Waals surface area contributed by atoms with Crippen molar-refractivity contribution in [2.75, 3.05) is 44.2 Å². The van der Waals surface area contributed by atoms with E-state index in [1.54, 1.807) is 12.5 Å². The monoisotopic (exact) mass is 446 g/mol. The minimum atomic E-state index is -0.183. The summed E-state index contributed by atoms with van der Waals surface area (Å²) in [7, 11) is 0. The third kappa shape index (κ3) is 4.80. The molecule has 0 bridgehead atoms. The third-order valence-corrected chi connectivity index (χ3v) is 6.65. The number of nitrogens with zero attached hydrogens (tertiary/aromatic N) is 6. The van der Waals surface area contributed by atoms with E-state index in [0.717, 1.165) is 63.5 Å². The van der Waals surface area contributed by atoms with E-state index in [2.05, 4.69) is 26.7 Å². The van der Waals surface area contributed by atoms with Crippen molar-refractivity contribution in [2.24, 2.45) is 0 Å². The number of anilines is 1. The van der Waals surface area contributed by atoms with E-state index in [0.29, 0.717) is 23.7 Å². The van der Waals surface area contributed by atoms with E-state index in [1.807, 2.05) is 34.9 Å². The van der Waals surface area contributed by atoms with Crippen molar-refractivity contribution in [1.82, 2.24) is 24.3 Å². The van der Waals surface area contributed by atoms with Gasteiger partial charge in [-0.25, -0.2) is 14.8 Å². The van der Waals surface area contributed by atoms with Crippen molar-refractivity contribution >= 4 is 23.5 Å². The van der Waals surface area contributed by atoms with Crippen LogP contribution in [0.15, 0.2) is 31.0 Å². The first kappa shape index (κ1) is 21.9. The van der Waals surface area contributed by atoms with Crippen molar-refractivity contribution in [1.29, 1.82) is 0 Å². The molecule has 0 saturated carbocycles. The SMILES string of the molecule is CCOC(=O)N1CCC(N2CCN(c3ncc(-n4ccnc4)cc3Cl)C[C@@H]2CC)CC1. The highest BCUT2D eigenvalue weighted by Crippen LogP contribution is 2.30. The Balaban J connectivity index is 1.39. The summed E-state index contributed by atoms with van der Waals surface area (Å²) in [5, 5.41) is 0.664. The summed E-state index contributed by atoms with van der Waals surface area (Å²) in [6.07, 6.45) is 10.1. The van der Waals surface area contributed by atoms with Gasteiger partial charge in [-0.3, -0.25) is 4.90 Å². The molecule has 0 N–H and O–H groups in total. The normalized spacial score (nSPS) is 20.8. The summed E-state index contributed by atoms with van der Waals surface area (Å²) in [6.45, 7) is 8.83. The molecule has 2 aliphatic rings. The van der Waals surface area contributed by atoms with E-state index in [1.165, 1.54) is 0 Å². The first-order valence-corrected chi connectivity index (χ1v) is 11.5. The van der Waals surface area contributed by atoms with Gasteiger partial charge in [-0.15, -0.1) is 0 Å². The van der Waals surface area contributed by atoms with Crippen molar-refractivity contribution in [3.8, 4) is 5.69 Å². The Labute approximate surface area is 188 Å². The molecule has 0 aromatic carbocycles. The minimum absolute atomic E-state index is 0.183. The van der Waals surface area contributed by atoms with E-state index in [4.69, 9.17) is 16.3 Å². The van der Waals surface area contributed by atoms with E-state index < -0.39 is 0 Å². The summed E-state index contributed by atoms with van der Waals surface area (Å²) in [4.78, 5) is 27.5. The van der Waals surface area contributed by atoms with Crippen molar-refractivity contribution in [3.63, 3.8) is 0 Å². The predicted molar refractivity (Wildman–Crippen MR) is 121 cm³/mol. The number of aromatic nitrogens is 3. The number of imidazole rings is 1. The molecular formula is C22H31ClN6O2. The van der Waals surface area contributed by atoms with Crippen LogP contribution in [0.4, 0.5) is 10.6 Å². The van der Waals surface area contributed by atoms with Gasteiger partial charge in [0.2, 0.25) is 0 Å². The molecule has 2 aromatic heterocycles. The maximum atomic E-state index is 12.0. The minimum Gasteiger partial charge on any atom is -0.450 e. The molecule has 168 valence electrons. The molecule has 8 nitrogen and oxygen atoms in total. The molecule has 2 aromatic rings. The number of ether oxygens (including phenoxy) is 1. The summed E-state index contributed by atoms with van der Waals surface area (Å²) in [5.74, 6) is 0.848. The predicted octanol–water partition coefficient (Wildman–Crippen LogP) is 3.44. The Hall–Kier alpha value is -2.32. The fourth-order valence-corrected chi connectivity index (χ4v) is 4.99. The smallest absolute Gasteiger partial charge is 0.409 e. The molecule has 1 atom stereocenters. The van der Waals surface area contributed by atoms with Crippen molar-refractivity contribution < 1.29 is 9.53 Å². The van der Waals surface area contributed by atoms with Gasteiger partial charge in [0.05, 0.1) is 29.8 Å². The number of hydrogen-bond donors (Lipinski definition) is 0. The van der Waals surface area contributed by atoms with E-state index in [9.17, 15) is 4.79 Å². The molecule has 0 spiro atoms. The molecule has 0 unspecified atom stereocenters. The second-order valence-electron chi connectivity index (χ2n) is 8.13. The van der Waals surface area contributed by atoms with Gasteiger partial charge in [0.1, 0.15) is 5.82 Å². The molecule has 9 heteroatoms. The van der Waals surface area contributed by atoms with Crippen LogP contribution in [0.5, 0.6) is 0 Å². The van der Waals surface area contributed by atoms with Crippen LogP contribution >= 0.6 is 11.6 Å². The zero-order chi connectivity index (χ0) is 21.8. The molecule has 0 radical (unpaired) electrons. The number of carbonyl (C=O) groups is 1. The molecule has 0 aliphatic carbocycles. The summed E-state index contributed by atoms with van der Waals surface area (Å²) >= 11 is 6.63. The lowest BCUT2D eigenvalue weighted by Crippen LogP contribution is -2.58. The molecule has 2 saturated heterocycles. The van der Waals surface area contributed by atoms with Crippen LogP contribution < -0.4 is 4.90 Å². The maximum Gasteiger partial charge on any atom is 0.409 e. The van der Waals surface area contributed by atoms with Gasteiger partial charge < -0.3 is 19.1 Å². The highest BCUT2D eigenvalue weighted by molar-refractivity contribution is 6.33. The van der Waals surface area contributed by atoms with Gasteiger partial charge in [-0.2, -0.15) is 0 Å². The summed E-state index contributed by atoms with van der Waals surface area (Å²) in [5.41, 5.74) is 0.908. The van der Waals surface area contributed by atoms with Gasteiger partial charge in [-0.05, 0) is 32.3 Å². The zero-order valence-electron chi connectivity index (χ0n) is 18.3. The van der Waals surface area contributed by atoms with Crippen LogP contribution in [0.25, 0.3) is 5.69 Å². The number of pyridine rings is 1. The van der Waals surface area contributed by atoms with Gasteiger partial charge in [0.25, 0.3) is 0 Å². The molecular weight excluding hydrogens is 416 g/mol. The molecule has 4 rings (SSSR count). The highest BCUT2D eigenvalue weighted by Gasteiger charge is 2.34. The Morgan fingerprint density at radius 3 is 2.68 bits per heavy atom. The fourth-order valence-electron chi connectivity index (χ4n) is 4.71. The quantitative estimate of drug-likeness (QED) is 0.700. The summed E-state index contributed by atoms with van der Waals surface area (Å²) in [6, 6.07) is 2.90. The van der Waals surface area contributed by atoms with Gasteiger partial charge in [0.15, 0.2) is 0 Å². The second-order valence-corrected chi connectivity index (χ2v) is 8.54. The number of carbonyl (C=O) groups excluding carboxylic acids is 1. The number of piperazine rings is 1. The molecule has 31 heavy (non-hydrogen) atoms. The molecule has 4 heterocycles. The van der Waals surface area contributed by atoms with Crippen LogP contribution in [-0.2, 0) is 4.74 Å². The first-order valence-electron chi connectivity index (χ1n) is 11.2. The maximum absolute atomic E-state index is 12.0. The van der Waals surface area contributed by atoms with Crippen LogP contribution in [0.3, 0.4) is 0 Å². The Bertz CT molecular complexity index is 869. The van der Waals surface area contributed by atoms with Crippen LogP contribution in [0, 0.1) is 0 Å². The van der Waals surface area contributed by atoms with Gasteiger partial charge in [-0.1, -0.05) is 18.5 Å². The van der Waals surface area contributed by atoms with Crippen LogP contribution in [-0.4, -0.2) is 81.8 Å². The number of halogens is 1. The summed E-state index contributed by atoms with van der Waals surface area (Å²) < 4.78 is 7.05. The Kier molecular flexibility index (Phi) is 6.97. The second kappa shape index (κ2) is 9.87. The lowest BCUT2D eigenvalue weighted by atomic mass is 9.98. The largest absolute Gasteiger partial charge is 0.450 e. The van der Waals surface area contributed by atoms with E-state index >= 15 is 0 Å². The average Bonchev–Trinajstić information content (AvgIpc) is 3.34. The lowest BCUT2D eigenvalue weighted by molar-refractivity contribution is 0.0522. The third-order valence-electron chi connectivity index (χ3n) is 6.37. The molecule has 2 aliphatic heterocycles. The first-order chi connectivity index (χ1) is 15.1. The number of amides is 1.